The molecule has 0 amide bonds. The molecule has 0 aromatic carbocycles. The van der Waals surface area contributed by atoms with Crippen LogP contribution in [-0.4, -0.2) is 17.5 Å². The van der Waals surface area contributed by atoms with E-state index >= 15 is 0 Å². The number of allylic oxidation sites excluding steroid dienone is 3. The lowest BCUT2D eigenvalue weighted by molar-refractivity contribution is -0.109. The molecule has 26 heavy (non-hydrogen) atoms. The van der Waals surface area contributed by atoms with Gasteiger partial charge in [-0.3, -0.25) is 0 Å². The van der Waals surface area contributed by atoms with Crippen LogP contribution in [0, 0.1) is 17.3 Å². The van der Waals surface area contributed by atoms with E-state index in [1.165, 1.54) is 25.7 Å². The summed E-state index contributed by atoms with van der Waals surface area (Å²) in [6, 6.07) is 0. The highest BCUT2D eigenvalue weighted by atomic mass is 16.3. The molecule has 4 atom stereocenters. The van der Waals surface area contributed by atoms with E-state index < -0.39 is 0 Å². The van der Waals surface area contributed by atoms with Crippen LogP contribution in [0.15, 0.2) is 24.8 Å². The second-order valence-corrected chi connectivity index (χ2v) is 8.46. The molecule has 2 nitrogen and oxygen atoms in total. The molecule has 0 aliphatic carbocycles. The highest BCUT2D eigenvalue weighted by Gasteiger charge is 2.28. The summed E-state index contributed by atoms with van der Waals surface area (Å²) in [6.45, 7) is 12.8. The molecule has 0 fully saturated rings. The number of aliphatic hydroxyl groups is 1. The predicted octanol–water partition coefficient (Wildman–Crippen LogP) is 6.88. The zero-order valence-corrected chi connectivity index (χ0v) is 17.9. The number of hydrogen-bond acceptors (Lipinski definition) is 2. The first kappa shape index (κ1) is 25.1. The smallest absolute Gasteiger partial charge is 0.120 e. The van der Waals surface area contributed by atoms with Crippen molar-refractivity contribution in [1.29, 1.82) is 0 Å². The van der Waals surface area contributed by atoms with Crippen LogP contribution in [-0.2, 0) is 4.79 Å². The second-order valence-electron chi connectivity index (χ2n) is 8.46. The van der Waals surface area contributed by atoms with Gasteiger partial charge in [0.05, 0.1) is 6.10 Å². The summed E-state index contributed by atoms with van der Waals surface area (Å²) in [6.07, 6.45) is 18.6. The number of carbonyl (C=O) groups is 1. The largest absolute Gasteiger partial charge is 0.393 e. The van der Waals surface area contributed by atoms with E-state index in [2.05, 4.69) is 46.4 Å². The second kappa shape index (κ2) is 15.2. The number of hydrogen-bond donors (Lipinski definition) is 1. The van der Waals surface area contributed by atoms with Gasteiger partial charge in [-0.1, -0.05) is 71.6 Å². The van der Waals surface area contributed by atoms with Gasteiger partial charge in [0.2, 0.25) is 0 Å². The average Bonchev–Trinajstić information content (AvgIpc) is 2.62. The standard InChI is InChI=1S/C24H44O2/c1-6-8-10-14-23(26)15-11-12-18-24(5,19-20-25)22(4)17-16-21(3)13-9-7-2/h7,12,18,20-23,26H,2,6,8-11,13-17,19H2,1,3-5H3. The third-order valence-electron chi connectivity index (χ3n) is 5.91. The highest BCUT2D eigenvalue weighted by molar-refractivity contribution is 5.51. The average molecular weight is 365 g/mol. The van der Waals surface area contributed by atoms with Crippen LogP contribution in [0.1, 0.15) is 98.3 Å². The summed E-state index contributed by atoms with van der Waals surface area (Å²) in [5.41, 5.74) is -0.0763. The Morgan fingerprint density at radius 2 is 1.77 bits per heavy atom. The molecular formula is C24H44O2. The molecular weight excluding hydrogens is 320 g/mol. The SMILES string of the molecule is C=CCCC(C)CCC(C)C(C)(C=CCCC(O)CCCCC)CC=O. The molecule has 0 heterocycles. The summed E-state index contributed by atoms with van der Waals surface area (Å²) >= 11 is 0. The van der Waals surface area contributed by atoms with E-state index in [0.717, 1.165) is 44.8 Å². The van der Waals surface area contributed by atoms with Crippen LogP contribution in [0.4, 0.5) is 0 Å². The lowest BCUT2D eigenvalue weighted by Crippen LogP contribution is -2.24. The molecule has 0 aliphatic rings. The van der Waals surface area contributed by atoms with Crippen LogP contribution in [0.3, 0.4) is 0 Å². The molecule has 0 saturated heterocycles. The highest BCUT2D eigenvalue weighted by Crippen LogP contribution is 2.36. The van der Waals surface area contributed by atoms with Crippen LogP contribution in [0.25, 0.3) is 0 Å². The summed E-state index contributed by atoms with van der Waals surface area (Å²) in [5, 5.41) is 10.0. The van der Waals surface area contributed by atoms with Gasteiger partial charge in [0.15, 0.2) is 0 Å². The van der Waals surface area contributed by atoms with Crippen molar-refractivity contribution in [2.24, 2.45) is 17.3 Å². The van der Waals surface area contributed by atoms with E-state index in [-0.39, 0.29) is 11.5 Å². The van der Waals surface area contributed by atoms with E-state index in [1.807, 2.05) is 6.08 Å². The van der Waals surface area contributed by atoms with Gasteiger partial charge in [-0.25, -0.2) is 0 Å². The fourth-order valence-corrected chi connectivity index (χ4v) is 3.44. The van der Waals surface area contributed by atoms with Crippen molar-refractivity contribution < 1.29 is 9.90 Å². The Kier molecular flexibility index (Phi) is 14.7. The molecule has 0 bridgehead atoms. The van der Waals surface area contributed by atoms with E-state index in [4.69, 9.17) is 0 Å². The lowest BCUT2D eigenvalue weighted by Gasteiger charge is -2.32. The van der Waals surface area contributed by atoms with Gasteiger partial charge in [-0.05, 0) is 55.8 Å². The fourth-order valence-electron chi connectivity index (χ4n) is 3.44. The maximum Gasteiger partial charge on any atom is 0.120 e. The van der Waals surface area contributed by atoms with E-state index in [1.54, 1.807) is 0 Å². The minimum absolute atomic E-state index is 0.0763. The van der Waals surface area contributed by atoms with Crippen LogP contribution in [0.5, 0.6) is 0 Å². The minimum atomic E-state index is -0.188. The summed E-state index contributed by atoms with van der Waals surface area (Å²) < 4.78 is 0. The van der Waals surface area contributed by atoms with Crippen LogP contribution >= 0.6 is 0 Å². The van der Waals surface area contributed by atoms with Gasteiger partial charge < -0.3 is 9.90 Å². The first-order chi connectivity index (χ1) is 12.4. The molecule has 0 spiro atoms. The zero-order valence-electron chi connectivity index (χ0n) is 17.9. The number of aliphatic hydroxyl groups excluding tert-OH is 1. The molecule has 2 heteroatoms. The number of carbonyl (C=O) groups excluding carboxylic acids is 1. The topological polar surface area (TPSA) is 37.3 Å². The third kappa shape index (κ3) is 11.7. The Balaban J connectivity index is 4.42. The molecule has 1 N–H and O–H groups in total. The molecule has 0 saturated carbocycles. The Bertz CT molecular complexity index is 388. The normalized spacial score (nSPS) is 17.6. The molecule has 0 rings (SSSR count). The third-order valence-corrected chi connectivity index (χ3v) is 5.91. The molecule has 152 valence electrons. The van der Waals surface area contributed by atoms with Crippen LogP contribution < -0.4 is 0 Å². The van der Waals surface area contributed by atoms with E-state index in [9.17, 15) is 9.90 Å². The number of rotatable bonds is 17. The first-order valence-electron chi connectivity index (χ1n) is 10.8. The van der Waals surface area contributed by atoms with Gasteiger partial charge in [0, 0.05) is 6.42 Å². The first-order valence-corrected chi connectivity index (χ1v) is 10.8. The van der Waals surface area contributed by atoms with Crippen molar-refractivity contribution in [2.75, 3.05) is 0 Å². The maximum absolute atomic E-state index is 11.2. The molecule has 0 aromatic rings. The van der Waals surface area contributed by atoms with E-state index in [0.29, 0.717) is 18.3 Å². The van der Waals surface area contributed by atoms with Gasteiger partial charge in [-0.15, -0.1) is 6.58 Å². The zero-order chi connectivity index (χ0) is 19.8. The molecule has 4 unspecified atom stereocenters. The Labute approximate surface area is 163 Å². The summed E-state index contributed by atoms with van der Waals surface area (Å²) in [5.74, 6) is 1.18. The molecule has 0 radical (unpaired) electrons. The number of aldehydes is 1. The monoisotopic (exact) mass is 364 g/mol. The fraction of sp³-hybridized carbons (Fsp3) is 0.792. The van der Waals surface area contributed by atoms with Gasteiger partial charge in [-0.2, -0.15) is 0 Å². The summed E-state index contributed by atoms with van der Waals surface area (Å²) in [7, 11) is 0. The van der Waals surface area contributed by atoms with Crippen molar-refractivity contribution in [3.05, 3.63) is 24.8 Å². The maximum atomic E-state index is 11.2. The van der Waals surface area contributed by atoms with Crippen molar-refractivity contribution in [3.8, 4) is 0 Å². The Morgan fingerprint density at radius 3 is 2.38 bits per heavy atom. The van der Waals surface area contributed by atoms with Gasteiger partial charge >= 0.3 is 0 Å². The van der Waals surface area contributed by atoms with Crippen molar-refractivity contribution >= 4 is 6.29 Å². The molecule has 0 aromatic heterocycles. The number of unbranched alkanes of at least 4 members (excludes halogenated alkanes) is 2. The van der Waals surface area contributed by atoms with Crippen molar-refractivity contribution in [2.45, 2.75) is 104 Å². The van der Waals surface area contributed by atoms with Crippen molar-refractivity contribution in [1.82, 2.24) is 0 Å². The van der Waals surface area contributed by atoms with Gasteiger partial charge in [0.1, 0.15) is 6.29 Å². The Hall–Kier alpha value is -0.890. The summed E-state index contributed by atoms with van der Waals surface area (Å²) in [4.78, 5) is 11.2. The van der Waals surface area contributed by atoms with Crippen LogP contribution in [0.2, 0.25) is 0 Å². The molecule has 0 aliphatic heterocycles. The van der Waals surface area contributed by atoms with Gasteiger partial charge in [0.25, 0.3) is 0 Å². The predicted molar refractivity (Wildman–Crippen MR) is 114 cm³/mol. The minimum Gasteiger partial charge on any atom is -0.393 e. The Morgan fingerprint density at radius 1 is 1.04 bits per heavy atom. The lowest BCUT2D eigenvalue weighted by atomic mass is 9.72. The van der Waals surface area contributed by atoms with Crippen molar-refractivity contribution in [3.63, 3.8) is 0 Å². The quantitative estimate of drug-likeness (QED) is 0.173.